The van der Waals surface area contributed by atoms with Gasteiger partial charge in [0.1, 0.15) is 6.04 Å². The fourth-order valence-electron chi connectivity index (χ4n) is 1.80. The number of piperidine rings is 1. The number of halogens is 1. The van der Waals surface area contributed by atoms with Gasteiger partial charge < -0.3 is 5.32 Å². The molecule has 2 unspecified atom stereocenters. The van der Waals surface area contributed by atoms with E-state index in [9.17, 15) is 18.8 Å². The first-order chi connectivity index (χ1) is 8.90. The molecule has 0 saturated carbocycles. The Labute approximate surface area is 111 Å². The minimum atomic E-state index is -0.897. The van der Waals surface area contributed by atoms with Crippen molar-refractivity contribution in [2.24, 2.45) is 0 Å². The summed E-state index contributed by atoms with van der Waals surface area (Å²) in [5.41, 5.74) is 0.324. The Bertz CT molecular complexity index is 393. The number of carbonyl (C=O) groups is 3. The van der Waals surface area contributed by atoms with Gasteiger partial charge in [0.25, 0.3) is 0 Å². The molecule has 0 spiro atoms. The van der Waals surface area contributed by atoms with E-state index in [1.807, 2.05) is 0 Å². The zero-order valence-electron chi connectivity index (χ0n) is 11.0. The third kappa shape index (κ3) is 5.19. The van der Waals surface area contributed by atoms with E-state index in [0.29, 0.717) is 31.3 Å². The lowest BCUT2D eigenvalue weighted by Crippen LogP contribution is -2.52. The summed E-state index contributed by atoms with van der Waals surface area (Å²) in [4.78, 5) is 34.1. The second-order valence-electron chi connectivity index (χ2n) is 4.75. The molecule has 106 valence electrons. The highest BCUT2D eigenvalue weighted by atomic mass is 19.1. The standard InChI is InChI=1S/C13H19FN2O3/c1-8(4-3-5-9(2)14)12(18)15-10-6-7-11(17)16-13(10)19/h9-10H,1,3-7H2,2H3,(H,15,18)(H,16,17,19). The second-order valence-corrected chi connectivity index (χ2v) is 4.75. The van der Waals surface area contributed by atoms with Crippen molar-refractivity contribution >= 4 is 17.7 Å². The van der Waals surface area contributed by atoms with Crippen molar-refractivity contribution in [2.45, 2.75) is 51.2 Å². The van der Waals surface area contributed by atoms with Gasteiger partial charge in [-0.2, -0.15) is 0 Å². The van der Waals surface area contributed by atoms with Gasteiger partial charge in [-0.25, -0.2) is 4.39 Å². The van der Waals surface area contributed by atoms with Crippen molar-refractivity contribution in [1.82, 2.24) is 10.6 Å². The molecule has 1 aliphatic rings. The number of nitrogens with one attached hydrogen (secondary N) is 2. The van der Waals surface area contributed by atoms with Crippen LogP contribution in [-0.2, 0) is 14.4 Å². The molecule has 2 N–H and O–H groups in total. The molecule has 0 aromatic carbocycles. The van der Waals surface area contributed by atoms with E-state index in [4.69, 9.17) is 0 Å². The van der Waals surface area contributed by atoms with Crippen LogP contribution in [0.4, 0.5) is 4.39 Å². The van der Waals surface area contributed by atoms with Gasteiger partial charge in [-0.15, -0.1) is 0 Å². The van der Waals surface area contributed by atoms with E-state index in [1.165, 1.54) is 6.92 Å². The molecule has 6 heteroatoms. The van der Waals surface area contributed by atoms with Crippen LogP contribution >= 0.6 is 0 Å². The zero-order valence-corrected chi connectivity index (χ0v) is 11.0. The van der Waals surface area contributed by atoms with Gasteiger partial charge in [0.2, 0.25) is 17.7 Å². The summed E-state index contributed by atoms with van der Waals surface area (Å²) >= 11 is 0. The molecule has 1 fully saturated rings. The number of carbonyl (C=O) groups excluding carboxylic acids is 3. The summed E-state index contributed by atoms with van der Waals surface area (Å²) in [6.07, 6.45) is 0.927. The van der Waals surface area contributed by atoms with Crippen LogP contribution in [0, 0.1) is 0 Å². The average Bonchev–Trinajstić information content (AvgIpc) is 2.32. The van der Waals surface area contributed by atoms with E-state index < -0.39 is 24.0 Å². The van der Waals surface area contributed by atoms with Crippen LogP contribution in [0.3, 0.4) is 0 Å². The summed E-state index contributed by atoms with van der Waals surface area (Å²) < 4.78 is 12.6. The van der Waals surface area contributed by atoms with Crippen molar-refractivity contribution in [2.75, 3.05) is 0 Å². The Balaban J connectivity index is 2.35. The lowest BCUT2D eigenvalue weighted by molar-refractivity contribution is -0.136. The molecule has 0 radical (unpaired) electrons. The Morgan fingerprint density at radius 1 is 1.58 bits per heavy atom. The second kappa shape index (κ2) is 7.01. The molecule has 3 amide bonds. The first-order valence-corrected chi connectivity index (χ1v) is 6.36. The highest BCUT2D eigenvalue weighted by Crippen LogP contribution is 2.11. The van der Waals surface area contributed by atoms with Crippen molar-refractivity contribution in [3.8, 4) is 0 Å². The summed E-state index contributed by atoms with van der Waals surface area (Å²) in [5.74, 6) is -1.23. The third-order valence-corrected chi connectivity index (χ3v) is 2.95. The van der Waals surface area contributed by atoms with Gasteiger partial charge in [0, 0.05) is 12.0 Å². The minimum Gasteiger partial charge on any atom is -0.341 e. The first-order valence-electron chi connectivity index (χ1n) is 6.36. The molecule has 1 heterocycles. The lowest BCUT2D eigenvalue weighted by Gasteiger charge is -2.22. The molecule has 0 aromatic rings. The maximum Gasteiger partial charge on any atom is 0.249 e. The van der Waals surface area contributed by atoms with Gasteiger partial charge >= 0.3 is 0 Å². The Hall–Kier alpha value is -1.72. The first kappa shape index (κ1) is 15.3. The SMILES string of the molecule is C=C(CCCC(C)F)C(=O)NC1CCC(=O)NC1=O. The van der Waals surface area contributed by atoms with Crippen LogP contribution < -0.4 is 10.6 Å². The van der Waals surface area contributed by atoms with E-state index in [2.05, 4.69) is 17.2 Å². The van der Waals surface area contributed by atoms with Gasteiger partial charge in [0.15, 0.2) is 0 Å². The van der Waals surface area contributed by atoms with Crippen LogP contribution in [0.5, 0.6) is 0 Å². The number of hydrogen-bond donors (Lipinski definition) is 2. The number of rotatable bonds is 6. The topological polar surface area (TPSA) is 75.3 Å². The van der Waals surface area contributed by atoms with Crippen molar-refractivity contribution < 1.29 is 18.8 Å². The van der Waals surface area contributed by atoms with Crippen LogP contribution in [0.15, 0.2) is 12.2 Å². The van der Waals surface area contributed by atoms with Gasteiger partial charge in [0.05, 0.1) is 6.17 Å². The smallest absolute Gasteiger partial charge is 0.249 e. The summed E-state index contributed by atoms with van der Waals surface area (Å²) in [5, 5.41) is 4.69. The summed E-state index contributed by atoms with van der Waals surface area (Å²) in [6.45, 7) is 5.09. The Kier molecular flexibility index (Phi) is 5.66. The molecule has 0 aliphatic carbocycles. The third-order valence-electron chi connectivity index (χ3n) is 2.95. The normalized spacial score (nSPS) is 20.6. The number of amides is 3. The van der Waals surface area contributed by atoms with E-state index in [1.54, 1.807) is 0 Å². The lowest BCUT2D eigenvalue weighted by atomic mass is 10.0. The van der Waals surface area contributed by atoms with Crippen molar-refractivity contribution in [1.29, 1.82) is 0 Å². The summed E-state index contributed by atoms with van der Waals surface area (Å²) in [6, 6.07) is -0.693. The fraction of sp³-hybridized carbons (Fsp3) is 0.615. The largest absolute Gasteiger partial charge is 0.341 e. The van der Waals surface area contributed by atoms with E-state index in [-0.39, 0.29) is 12.3 Å². The summed E-state index contributed by atoms with van der Waals surface area (Å²) in [7, 11) is 0. The van der Waals surface area contributed by atoms with E-state index in [0.717, 1.165) is 0 Å². The zero-order chi connectivity index (χ0) is 14.4. The number of alkyl halides is 1. The maximum atomic E-state index is 12.6. The predicted octanol–water partition coefficient (Wildman–Crippen LogP) is 0.992. The van der Waals surface area contributed by atoms with Gasteiger partial charge in [-0.3, -0.25) is 19.7 Å². The highest BCUT2D eigenvalue weighted by molar-refractivity contribution is 6.03. The Morgan fingerprint density at radius 3 is 2.84 bits per heavy atom. The molecule has 5 nitrogen and oxygen atoms in total. The molecule has 19 heavy (non-hydrogen) atoms. The van der Waals surface area contributed by atoms with Crippen LogP contribution in [-0.4, -0.2) is 29.9 Å². The molecule has 1 saturated heterocycles. The van der Waals surface area contributed by atoms with Crippen LogP contribution in [0.25, 0.3) is 0 Å². The maximum absolute atomic E-state index is 12.6. The molecule has 2 atom stereocenters. The fourth-order valence-corrected chi connectivity index (χ4v) is 1.80. The van der Waals surface area contributed by atoms with Gasteiger partial charge in [-0.1, -0.05) is 6.58 Å². The quantitative estimate of drug-likeness (QED) is 0.558. The predicted molar refractivity (Wildman–Crippen MR) is 67.9 cm³/mol. The molecule has 0 aromatic heterocycles. The molecule has 0 bridgehead atoms. The number of hydrogen-bond acceptors (Lipinski definition) is 3. The highest BCUT2D eigenvalue weighted by Gasteiger charge is 2.28. The molecule has 1 aliphatic heterocycles. The molecular weight excluding hydrogens is 251 g/mol. The Morgan fingerprint density at radius 2 is 2.26 bits per heavy atom. The number of imide groups is 1. The average molecular weight is 270 g/mol. The molecular formula is C13H19FN2O3. The van der Waals surface area contributed by atoms with Crippen LogP contribution in [0.1, 0.15) is 39.0 Å². The van der Waals surface area contributed by atoms with Crippen molar-refractivity contribution in [3.63, 3.8) is 0 Å². The monoisotopic (exact) mass is 270 g/mol. The van der Waals surface area contributed by atoms with Gasteiger partial charge in [-0.05, 0) is 32.6 Å². The molecule has 1 rings (SSSR count). The minimum absolute atomic E-state index is 0.211. The van der Waals surface area contributed by atoms with Crippen LogP contribution in [0.2, 0.25) is 0 Å². The van der Waals surface area contributed by atoms with E-state index >= 15 is 0 Å². The van der Waals surface area contributed by atoms with Crippen molar-refractivity contribution in [3.05, 3.63) is 12.2 Å².